The smallest absolute Gasteiger partial charge is 0.344 e. The van der Waals surface area contributed by atoms with E-state index >= 15 is 0 Å². The third kappa shape index (κ3) is 4.35. The number of nitrogens with one attached hydrogen (secondary N) is 2. The molecule has 1 aromatic heterocycles. The molecule has 1 atom stereocenters. The zero-order valence-electron chi connectivity index (χ0n) is 14.4. The number of carbonyl (C=O) groups is 1. The van der Waals surface area contributed by atoms with E-state index in [1.807, 2.05) is 0 Å². The second kappa shape index (κ2) is 7.13. The summed E-state index contributed by atoms with van der Waals surface area (Å²) in [5.41, 5.74) is -1.67. The van der Waals surface area contributed by atoms with E-state index in [1.165, 1.54) is 0 Å². The third-order valence-electron chi connectivity index (χ3n) is 4.40. The van der Waals surface area contributed by atoms with Crippen LogP contribution in [-0.4, -0.2) is 15.9 Å². The number of amides is 1. The molecule has 5 nitrogen and oxygen atoms in total. The van der Waals surface area contributed by atoms with Crippen molar-refractivity contribution >= 4 is 5.91 Å². The molecule has 27 heavy (non-hydrogen) atoms. The van der Waals surface area contributed by atoms with E-state index in [2.05, 4.69) is 15.3 Å². The number of rotatable bonds is 5. The van der Waals surface area contributed by atoms with Gasteiger partial charge >= 0.3 is 6.18 Å². The first-order valence-electron chi connectivity index (χ1n) is 8.46. The summed E-state index contributed by atoms with van der Waals surface area (Å²) in [6, 6.07) is 3.03. The van der Waals surface area contributed by atoms with E-state index in [0.717, 1.165) is 31.0 Å². The van der Waals surface area contributed by atoms with E-state index < -0.39 is 35.1 Å². The summed E-state index contributed by atoms with van der Waals surface area (Å²) in [7, 11) is 0. The topological polar surface area (TPSA) is 74.8 Å². The van der Waals surface area contributed by atoms with Crippen LogP contribution in [0, 0.1) is 11.7 Å². The van der Waals surface area contributed by atoms with Crippen LogP contribution in [0.5, 0.6) is 0 Å². The Morgan fingerprint density at radius 1 is 1.33 bits per heavy atom. The molecule has 144 valence electrons. The van der Waals surface area contributed by atoms with Gasteiger partial charge in [0.25, 0.3) is 11.5 Å². The number of aryl methyl sites for hydroxylation is 1. The van der Waals surface area contributed by atoms with Crippen molar-refractivity contribution in [3.8, 4) is 0 Å². The first-order valence-corrected chi connectivity index (χ1v) is 8.46. The maximum Gasteiger partial charge on any atom is 0.419 e. The molecule has 1 saturated carbocycles. The van der Waals surface area contributed by atoms with Crippen molar-refractivity contribution in [2.24, 2.45) is 5.92 Å². The molecule has 0 saturated heterocycles. The lowest BCUT2D eigenvalue weighted by Crippen LogP contribution is -2.32. The maximum atomic E-state index is 13.9. The van der Waals surface area contributed by atoms with Gasteiger partial charge in [-0.25, -0.2) is 9.37 Å². The summed E-state index contributed by atoms with van der Waals surface area (Å²) in [5.74, 6) is -1.68. The zero-order valence-corrected chi connectivity index (χ0v) is 14.4. The SMILES string of the molecule is CCc1nc(C(=O)NC(c2ccc(C(F)(F)F)c(F)c2)C2CC2)cc(=O)[nH]1. The van der Waals surface area contributed by atoms with E-state index in [0.29, 0.717) is 18.3 Å². The average molecular weight is 383 g/mol. The Morgan fingerprint density at radius 2 is 2.04 bits per heavy atom. The number of aromatic nitrogens is 2. The number of hydrogen-bond donors (Lipinski definition) is 2. The van der Waals surface area contributed by atoms with E-state index in [-0.39, 0.29) is 17.2 Å². The predicted octanol–water partition coefficient (Wildman–Crippen LogP) is 3.37. The van der Waals surface area contributed by atoms with Crippen LogP contribution in [-0.2, 0) is 12.6 Å². The average Bonchev–Trinajstić information content (AvgIpc) is 3.42. The number of alkyl halides is 3. The van der Waals surface area contributed by atoms with Gasteiger partial charge in [0.05, 0.1) is 11.6 Å². The van der Waals surface area contributed by atoms with Gasteiger partial charge in [0.1, 0.15) is 17.3 Å². The van der Waals surface area contributed by atoms with Crippen LogP contribution in [0.1, 0.15) is 53.2 Å². The lowest BCUT2D eigenvalue weighted by Gasteiger charge is -2.20. The Hall–Kier alpha value is -2.71. The van der Waals surface area contributed by atoms with Gasteiger partial charge in [0.15, 0.2) is 0 Å². The molecular weight excluding hydrogens is 366 g/mol. The molecule has 0 radical (unpaired) electrons. The van der Waals surface area contributed by atoms with Gasteiger partial charge in [0, 0.05) is 12.5 Å². The van der Waals surface area contributed by atoms with Crippen LogP contribution in [0.4, 0.5) is 17.6 Å². The molecular formula is C18H17F4N3O2. The van der Waals surface area contributed by atoms with Crippen molar-refractivity contribution < 1.29 is 22.4 Å². The van der Waals surface area contributed by atoms with Crippen molar-refractivity contribution in [3.05, 3.63) is 63.1 Å². The molecule has 1 fully saturated rings. The molecule has 1 aliphatic rings. The fraction of sp³-hybridized carbons (Fsp3) is 0.389. The first-order chi connectivity index (χ1) is 12.7. The lowest BCUT2D eigenvalue weighted by molar-refractivity contribution is -0.140. The van der Waals surface area contributed by atoms with Crippen molar-refractivity contribution in [2.45, 2.75) is 38.4 Å². The molecule has 9 heteroatoms. The molecule has 0 spiro atoms. The Balaban J connectivity index is 1.87. The number of hydrogen-bond acceptors (Lipinski definition) is 3. The number of carbonyl (C=O) groups excluding carboxylic acids is 1. The van der Waals surface area contributed by atoms with Gasteiger partial charge in [-0.1, -0.05) is 13.0 Å². The molecule has 3 rings (SSSR count). The summed E-state index contributed by atoms with van der Waals surface area (Å²) in [5, 5.41) is 2.67. The first kappa shape index (κ1) is 19.1. The predicted molar refractivity (Wildman–Crippen MR) is 88.6 cm³/mol. The summed E-state index contributed by atoms with van der Waals surface area (Å²) in [6.07, 6.45) is -2.84. The van der Waals surface area contributed by atoms with Gasteiger partial charge in [-0.05, 0) is 36.5 Å². The highest BCUT2D eigenvalue weighted by atomic mass is 19.4. The van der Waals surface area contributed by atoms with Gasteiger partial charge in [0.2, 0.25) is 0 Å². The summed E-state index contributed by atoms with van der Waals surface area (Å²) >= 11 is 0. The molecule has 1 unspecified atom stereocenters. The third-order valence-corrected chi connectivity index (χ3v) is 4.40. The summed E-state index contributed by atoms with van der Waals surface area (Å²) < 4.78 is 52.1. The molecule has 1 aliphatic carbocycles. The summed E-state index contributed by atoms with van der Waals surface area (Å²) in [6.45, 7) is 1.76. The Morgan fingerprint density at radius 3 is 2.59 bits per heavy atom. The van der Waals surface area contributed by atoms with E-state index in [9.17, 15) is 27.2 Å². The molecule has 2 aromatic rings. The minimum atomic E-state index is -4.79. The molecule has 2 N–H and O–H groups in total. The number of H-pyrrole nitrogens is 1. The van der Waals surface area contributed by atoms with Crippen molar-refractivity contribution in [1.82, 2.24) is 15.3 Å². The lowest BCUT2D eigenvalue weighted by atomic mass is 10.00. The second-order valence-corrected chi connectivity index (χ2v) is 6.46. The molecule has 1 amide bonds. The molecule has 0 bridgehead atoms. The fourth-order valence-corrected chi connectivity index (χ4v) is 2.86. The molecule has 1 heterocycles. The Kier molecular flexibility index (Phi) is 5.03. The maximum absolute atomic E-state index is 13.9. The highest BCUT2D eigenvalue weighted by Crippen LogP contribution is 2.42. The van der Waals surface area contributed by atoms with Crippen LogP contribution in [0.3, 0.4) is 0 Å². The van der Waals surface area contributed by atoms with Crippen molar-refractivity contribution in [3.63, 3.8) is 0 Å². The van der Waals surface area contributed by atoms with Crippen molar-refractivity contribution in [1.29, 1.82) is 0 Å². The zero-order chi connectivity index (χ0) is 19.8. The van der Waals surface area contributed by atoms with Crippen LogP contribution in [0.2, 0.25) is 0 Å². The Labute approximate surface area is 151 Å². The Bertz CT molecular complexity index is 920. The van der Waals surface area contributed by atoms with Gasteiger partial charge in [-0.3, -0.25) is 9.59 Å². The van der Waals surface area contributed by atoms with Crippen LogP contribution >= 0.6 is 0 Å². The highest BCUT2D eigenvalue weighted by molar-refractivity contribution is 5.92. The standard InChI is InChI=1S/C18H17F4N3O2/c1-2-14-23-13(8-15(26)24-14)17(27)25-16(9-3-4-9)10-5-6-11(12(19)7-10)18(20,21)22/h5-9,16H,2-4H2,1H3,(H,25,27)(H,23,24,26). The van der Waals surface area contributed by atoms with Crippen LogP contribution in [0.25, 0.3) is 0 Å². The van der Waals surface area contributed by atoms with E-state index in [4.69, 9.17) is 0 Å². The molecule has 1 aromatic carbocycles. The normalized spacial score (nSPS) is 15.4. The summed E-state index contributed by atoms with van der Waals surface area (Å²) in [4.78, 5) is 30.7. The largest absolute Gasteiger partial charge is 0.419 e. The highest BCUT2D eigenvalue weighted by Gasteiger charge is 2.37. The van der Waals surface area contributed by atoms with Gasteiger partial charge in [-0.15, -0.1) is 0 Å². The molecule has 0 aliphatic heterocycles. The number of halogens is 4. The van der Waals surface area contributed by atoms with Crippen LogP contribution in [0.15, 0.2) is 29.1 Å². The number of nitrogens with zero attached hydrogens (tertiary/aromatic N) is 1. The van der Waals surface area contributed by atoms with Gasteiger partial charge < -0.3 is 10.3 Å². The van der Waals surface area contributed by atoms with Crippen molar-refractivity contribution in [2.75, 3.05) is 0 Å². The minimum absolute atomic E-state index is 0.00210. The number of benzene rings is 1. The fourth-order valence-electron chi connectivity index (χ4n) is 2.86. The van der Waals surface area contributed by atoms with Crippen LogP contribution < -0.4 is 10.9 Å². The quantitative estimate of drug-likeness (QED) is 0.778. The van der Waals surface area contributed by atoms with Gasteiger partial charge in [-0.2, -0.15) is 13.2 Å². The second-order valence-electron chi connectivity index (χ2n) is 6.46. The monoisotopic (exact) mass is 383 g/mol. The minimum Gasteiger partial charge on any atom is -0.344 e. The number of aromatic amines is 1. The van der Waals surface area contributed by atoms with E-state index in [1.54, 1.807) is 6.92 Å².